The van der Waals surface area contributed by atoms with Gasteiger partial charge in [0.1, 0.15) is 6.10 Å². The van der Waals surface area contributed by atoms with Crippen LogP contribution in [0.4, 0.5) is 0 Å². The van der Waals surface area contributed by atoms with Crippen molar-refractivity contribution in [2.24, 2.45) is 17.8 Å². The van der Waals surface area contributed by atoms with Crippen LogP contribution in [0.1, 0.15) is 46.0 Å². The van der Waals surface area contributed by atoms with E-state index in [1.54, 1.807) is 6.92 Å². The number of amides is 1. The Hall–Kier alpha value is -1.06. The number of ether oxygens (including phenoxy) is 1. The first-order chi connectivity index (χ1) is 8.47. The van der Waals surface area contributed by atoms with Crippen molar-refractivity contribution in [1.82, 2.24) is 5.32 Å². The van der Waals surface area contributed by atoms with E-state index in [4.69, 9.17) is 4.74 Å². The number of carbonyl (C=O) groups excluding carboxylic acids is 2. The second-order valence-corrected chi connectivity index (χ2v) is 6.51. The molecule has 18 heavy (non-hydrogen) atoms. The van der Waals surface area contributed by atoms with Gasteiger partial charge in [0.15, 0.2) is 0 Å². The lowest BCUT2D eigenvalue weighted by Crippen LogP contribution is -2.64. The molecule has 0 heterocycles. The lowest BCUT2D eigenvalue weighted by Gasteiger charge is -2.59. The van der Waals surface area contributed by atoms with Gasteiger partial charge >= 0.3 is 5.97 Å². The van der Waals surface area contributed by atoms with Crippen molar-refractivity contribution < 1.29 is 14.3 Å². The van der Waals surface area contributed by atoms with E-state index >= 15 is 0 Å². The fraction of sp³-hybridized carbons (Fsp3) is 0.857. The summed E-state index contributed by atoms with van der Waals surface area (Å²) in [4.78, 5) is 22.6. The molecule has 100 valence electrons. The lowest BCUT2D eigenvalue weighted by atomic mass is 9.51. The summed E-state index contributed by atoms with van der Waals surface area (Å²) < 4.78 is 5.53. The highest BCUT2D eigenvalue weighted by Gasteiger charge is 2.56. The molecule has 4 nitrogen and oxygen atoms in total. The fourth-order valence-electron chi connectivity index (χ4n) is 4.89. The van der Waals surface area contributed by atoms with Crippen LogP contribution in [0.15, 0.2) is 0 Å². The van der Waals surface area contributed by atoms with E-state index in [1.807, 2.05) is 0 Å². The van der Waals surface area contributed by atoms with Gasteiger partial charge in [-0.1, -0.05) is 0 Å². The van der Waals surface area contributed by atoms with Crippen LogP contribution in [0.3, 0.4) is 0 Å². The summed E-state index contributed by atoms with van der Waals surface area (Å²) in [6.45, 7) is 3.09. The maximum atomic E-state index is 11.4. The zero-order valence-corrected chi connectivity index (χ0v) is 11.1. The number of esters is 1. The topological polar surface area (TPSA) is 55.4 Å². The second kappa shape index (κ2) is 3.97. The zero-order chi connectivity index (χ0) is 12.9. The van der Waals surface area contributed by atoms with Gasteiger partial charge in [-0.05, 0) is 49.9 Å². The summed E-state index contributed by atoms with van der Waals surface area (Å²) in [5, 5.41) is 3.18. The average molecular weight is 251 g/mol. The molecule has 1 N–H and O–H groups in total. The number of hydrogen-bond acceptors (Lipinski definition) is 3. The Morgan fingerprint density at radius 1 is 1.11 bits per heavy atom. The summed E-state index contributed by atoms with van der Waals surface area (Å²) in [7, 11) is 0. The zero-order valence-electron chi connectivity index (χ0n) is 11.1. The molecule has 0 radical (unpaired) electrons. The first kappa shape index (κ1) is 12.0. The summed E-state index contributed by atoms with van der Waals surface area (Å²) in [6.07, 6.45) is 5.51. The highest BCUT2D eigenvalue weighted by atomic mass is 16.5. The molecule has 0 aliphatic heterocycles. The monoisotopic (exact) mass is 251 g/mol. The molecule has 4 aliphatic carbocycles. The van der Waals surface area contributed by atoms with Crippen LogP contribution >= 0.6 is 0 Å². The van der Waals surface area contributed by atoms with Crippen molar-refractivity contribution in [1.29, 1.82) is 0 Å². The summed E-state index contributed by atoms with van der Waals surface area (Å²) in [6, 6.07) is 0. The molecule has 1 amide bonds. The molecule has 0 saturated heterocycles. The molecule has 4 bridgehead atoms. The van der Waals surface area contributed by atoms with Crippen molar-refractivity contribution in [3.05, 3.63) is 0 Å². The predicted molar refractivity (Wildman–Crippen MR) is 65.7 cm³/mol. The van der Waals surface area contributed by atoms with Gasteiger partial charge in [-0.2, -0.15) is 0 Å². The normalized spacial score (nSPS) is 44.8. The second-order valence-electron chi connectivity index (χ2n) is 6.51. The Morgan fingerprint density at radius 3 is 2.22 bits per heavy atom. The fourth-order valence-corrected chi connectivity index (χ4v) is 4.89. The van der Waals surface area contributed by atoms with E-state index in [-0.39, 0.29) is 23.5 Å². The number of hydrogen-bond donors (Lipinski definition) is 1. The van der Waals surface area contributed by atoms with Gasteiger partial charge in [0, 0.05) is 19.4 Å². The summed E-state index contributed by atoms with van der Waals surface area (Å²) in [5.41, 5.74) is -0.00101. The molecule has 4 saturated carbocycles. The molecule has 3 unspecified atom stereocenters. The molecule has 0 aromatic heterocycles. The smallest absolute Gasteiger partial charge is 0.302 e. The van der Waals surface area contributed by atoms with Crippen LogP contribution in [0, 0.1) is 17.8 Å². The third-order valence-electron chi connectivity index (χ3n) is 4.93. The average Bonchev–Trinajstić information content (AvgIpc) is 2.20. The van der Waals surface area contributed by atoms with Gasteiger partial charge < -0.3 is 10.1 Å². The van der Waals surface area contributed by atoms with E-state index < -0.39 is 0 Å². The van der Waals surface area contributed by atoms with Crippen LogP contribution in [-0.4, -0.2) is 23.5 Å². The Kier molecular flexibility index (Phi) is 2.65. The molecule has 4 aliphatic rings. The van der Waals surface area contributed by atoms with Crippen LogP contribution in [-0.2, 0) is 14.3 Å². The largest absolute Gasteiger partial charge is 0.462 e. The minimum absolute atomic E-state index is 0.00101. The number of nitrogens with one attached hydrogen (secondary N) is 1. The SMILES string of the molecule is CC(=O)NC12CC3C[C@H](C1)C(OC(C)=O)[C@@H](C3)C2. The van der Waals surface area contributed by atoms with E-state index in [1.165, 1.54) is 6.92 Å². The van der Waals surface area contributed by atoms with Crippen LogP contribution in [0.25, 0.3) is 0 Å². The van der Waals surface area contributed by atoms with Gasteiger partial charge in [-0.3, -0.25) is 9.59 Å². The van der Waals surface area contributed by atoms with Crippen molar-refractivity contribution in [3.63, 3.8) is 0 Å². The van der Waals surface area contributed by atoms with E-state index in [0.717, 1.165) is 32.1 Å². The number of rotatable bonds is 2. The van der Waals surface area contributed by atoms with Gasteiger partial charge in [0.25, 0.3) is 0 Å². The highest BCUT2D eigenvalue weighted by Crippen LogP contribution is 2.56. The molecular formula is C14H21NO3. The van der Waals surface area contributed by atoms with Crippen molar-refractivity contribution in [3.8, 4) is 0 Å². The van der Waals surface area contributed by atoms with Crippen LogP contribution in [0.5, 0.6) is 0 Å². The first-order valence-corrected chi connectivity index (χ1v) is 6.93. The summed E-state index contributed by atoms with van der Waals surface area (Å²) in [5.74, 6) is 1.52. The van der Waals surface area contributed by atoms with Gasteiger partial charge in [0.05, 0.1) is 0 Å². The molecule has 0 aromatic rings. The highest BCUT2D eigenvalue weighted by molar-refractivity contribution is 5.74. The summed E-state index contributed by atoms with van der Waals surface area (Å²) >= 11 is 0. The molecule has 0 spiro atoms. The standard InChI is InChI=1S/C14H21NO3/c1-8(16)15-14-5-10-3-11(6-14)13(18-9(2)17)12(4-10)7-14/h10-13H,3-7H2,1-2H3,(H,15,16)/t10?,11-,12+,13?,14?. The third-order valence-corrected chi connectivity index (χ3v) is 4.93. The predicted octanol–water partition coefficient (Wildman–Crippen LogP) is 1.63. The lowest BCUT2D eigenvalue weighted by molar-refractivity contribution is -0.173. The van der Waals surface area contributed by atoms with Gasteiger partial charge in [0.2, 0.25) is 5.91 Å². The number of carbonyl (C=O) groups is 2. The Morgan fingerprint density at radius 2 is 1.72 bits per heavy atom. The Balaban J connectivity index is 1.79. The van der Waals surface area contributed by atoms with Crippen LogP contribution in [0.2, 0.25) is 0 Å². The maximum Gasteiger partial charge on any atom is 0.302 e. The molecule has 4 heteroatoms. The molecular weight excluding hydrogens is 230 g/mol. The molecule has 5 atom stereocenters. The minimum atomic E-state index is -0.166. The van der Waals surface area contributed by atoms with Gasteiger partial charge in [-0.25, -0.2) is 0 Å². The van der Waals surface area contributed by atoms with Gasteiger partial charge in [-0.15, -0.1) is 0 Å². The quantitative estimate of drug-likeness (QED) is 0.759. The maximum absolute atomic E-state index is 11.4. The van der Waals surface area contributed by atoms with Crippen molar-refractivity contribution >= 4 is 11.9 Å². The molecule has 4 fully saturated rings. The Bertz CT molecular complexity index is 377. The third kappa shape index (κ3) is 1.91. The van der Waals surface area contributed by atoms with E-state index in [0.29, 0.717) is 17.8 Å². The van der Waals surface area contributed by atoms with Crippen molar-refractivity contribution in [2.75, 3.05) is 0 Å². The minimum Gasteiger partial charge on any atom is -0.462 e. The Labute approximate surface area is 107 Å². The van der Waals surface area contributed by atoms with E-state index in [2.05, 4.69) is 5.32 Å². The molecule has 4 rings (SSSR count). The van der Waals surface area contributed by atoms with Crippen LogP contribution < -0.4 is 5.32 Å². The van der Waals surface area contributed by atoms with Crippen molar-refractivity contribution in [2.45, 2.75) is 57.6 Å². The van der Waals surface area contributed by atoms with E-state index in [9.17, 15) is 9.59 Å². The first-order valence-electron chi connectivity index (χ1n) is 6.93. The molecule has 0 aromatic carbocycles.